The molecule has 94 valence electrons. The molecule has 0 N–H and O–H groups in total. The number of ketones is 1. The predicted molar refractivity (Wildman–Crippen MR) is 67.8 cm³/mol. The number of Topliss-reactive ketones (excluding diaryl/α,β-unsaturated/α-hetero) is 1. The smallest absolute Gasteiger partial charge is 0.168 e. The van der Waals surface area contributed by atoms with Crippen LogP contribution in [0.15, 0.2) is 29.4 Å². The molecule has 6 nitrogen and oxygen atoms in total. The van der Waals surface area contributed by atoms with Gasteiger partial charge < -0.3 is 9.64 Å². The Labute approximate surface area is 105 Å². The minimum absolute atomic E-state index is 0.132. The zero-order valence-corrected chi connectivity index (χ0v) is 9.95. The maximum atomic E-state index is 11.6. The van der Waals surface area contributed by atoms with Gasteiger partial charge in [-0.05, 0) is 29.8 Å². The molecule has 6 heteroatoms. The number of carbonyl (C=O) groups is 1. The fourth-order valence-corrected chi connectivity index (χ4v) is 1.87. The highest BCUT2D eigenvalue weighted by molar-refractivity contribution is 5.97. The predicted octanol–water partition coefficient (Wildman–Crippen LogP) is 2.02. The van der Waals surface area contributed by atoms with Gasteiger partial charge in [-0.15, -0.1) is 0 Å². The molecule has 1 aliphatic heterocycles. The highest BCUT2D eigenvalue weighted by atomic mass is 16.5. The number of anilines is 1. The standard InChI is InChI=1S/C12H14N4O2/c13-15-14-9-12(17)10-1-3-11(4-2-10)16-5-7-18-8-6-16/h1-4H,5-9H2. The van der Waals surface area contributed by atoms with Gasteiger partial charge in [-0.2, -0.15) is 0 Å². The number of benzene rings is 1. The lowest BCUT2D eigenvalue weighted by molar-refractivity contribution is 0.100. The van der Waals surface area contributed by atoms with Gasteiger partial charge in [0.15, 0.2) is 5.78 Å². The number of ether oxygens (including phenoxy) is 1. The highest BCUT2D eigenvalue weighted by Gasteiger charge is 2.11. The third-order valence-electron chi connectivity index (χ3n) is 2.84. The SMILES string of the molecule is [N-]=[N+]=NCC(=O)c1ccc(N2CCOCC2)cc1. The largest absolute Gasteiger partial charge is 0.378 e. The summed E-state index contributed by atoms with van der Waals surface area (Å²) in [5, 5.41) is 3.26. The Morgan fingerprint density at radius 1 is 1.33 bits per heavy atom. The van der Waals surface area contributed by atoms with Crippen molar-refractivity contribution in [1.29, 1.82) is 0 Å². The summed E-state index contributed by atoms with van der Waals surface area (Å²) >= 11 is 0. The van der Waals surface area contributed by atoms with E-state index < -0.39 is 0 Å². The van der Waals surface area contributed by atoms with E-state index in [0.717, 1.165) is 32.0 Å². The lowest BCUT2D eigenvalue weighted by Gasteiger charge is -2.28. The Hall–Kier alpha value is -2.04. The summed E-state index contributed by atoms with van der Waals surface area (Å²) in [7, 11) is 0. The molecule has 1 aliphatic rings. The van der Waals surface area contributed by atoms with Gasteiger partial charge in [-0.25, -0.2) is 0 Å². The van der Waals surface area contributed by atoms with Crippen molar-refractivity contribution in [2.24, 2.45) is 5.11 Å². The van der Waals surface area contributed by atoms with E-state index in [1.807, 2.05) is 12.1 Å². The molecule has 0 unspecified atom stereocenters. The van der Waals surface area contributed by atoms with Gasteiger partial charge in [0.1, 0.15) is 0 Å². The molecule has 0 bridgehead atoms. The molecule has 0 aromatic heterocycles. The first kappa shape index (κ1) is 12.4. The third kappa shape index (κ3) is 3.00. The summed E-state index contributed by atoms with van der Waals surface area (Å²) < 4.78 is 5.29. The van der Waals surface area contributed by atoms with Crippen molar-refractivity contribution < 1.29 is 9.53 Å². The van der Waals surface area contributed by atoms with E-state index in [1.165, 1.54) is 0 Å². The first-order valence-electron chi connectivity index (χ1n) is 5.78. The van der Waals surface area contributed by atoms with Crippen molar-refractivity contribution in [3.63, 3.8) is 0 Å². The molecule has 0 spiro atoms. The third-order valence-corrected chi connectivity index (χ3v) is 2.84. The molecule has 2 rings (SSSR count). The summed E-state index contributed by atoms with van der Waals surface area (Å²) in [6.07, 6.45) is 0. The summed E-state index contributed by atoms with van der Waals surface area (Å²) in [6, 6.07) is 7.35. The minimum atomic E-state index is -0.165. The molecule has 1 fully saturated rings. The second-order valence-electron chi connectivity index (χ2n) is 3.96. The van der Waals surface area contributed by atoms with E-state index in [2.05, 4.69) is 14.9 Å². The molecule has 0 amide bonds. The molecule has 1 aromatic rings. The normalized spacial score (nSPS) is 15.0. The molecule has 1 heterocycles. The van der Waals surface area contributed by atoms with Crippen LogP contribution in [-0.2, 0) is 4.74 Å². The van der Waals surface area contributed by atoms with E-state index in [0.29, 0.717) is 5.56 Å². The topological polar surface area (TPSA) is 78.3 Å². The van der Waals surface area contributed by atoms with Gasteiger partial charge in [0.2, 0.25) is 0 Å². The van der Waals surface area contributed by atoms with Gasteiger partial charge in [0, 0.05) is 29.3 Å². The molecule has 1 aromatic carbocycles. The number of nitrogens with zero attached hydrogens (tertiary/aromatic N) is 4. The zero-order valence-electron chi connectivity index (χ0n) is 9.95. The lowest BCUT2D eigenvalue weighted by atomic mass is 10.1. The van der Waals surface area contributed by atoms with Crippen molar-refractivity contribution in [3.8, 4) is 0 Å². The van der Waals surface area contributed by atoms with Crippen LogP contribution in [0.1, 0.15) is 10.4 Å². The second-order valence-corrected chi connectivity index (χ2v) is 3.96. The maximum absolute atomic E-state index is 11.6. The minimum Gasteiger partial charge on any atom is -0.378 e. The number of carbonyl (C=O) groups excluding carboxylic acids is 1. The first-order valence-corrected chi connectivity index (χ1v) is 5.78. The van der Waals surface area contributed by atoms with Crippen LogP contribution in [0.3, 0.4) is 0 Å². The molecular weight excluding hydrogens is 232 g/mol. The Morgan fingerprint density at radius 2 is 2.00 bits per heavy atom. The fourth-order valence-electron chi connectivity index (χ4n) is 1.87. The average molecular weight is 246 g/mol. The van der Waals surface area contributed by atoms with Gasteiger partial charge in [-0.1, -0.05) is 5.11 Å². The summed E-state index contributed by atoms with van der Waals surface area (Å²) in [6.45, 7) is 3.07. The van der Waals surface area contributed by atoms with Crippen molar-refractivity contribution in [3.05, 3.63) is 40.3 Å². The van der Waals surface area contributed by atoms with E-state index >= 15 is 0 Å². The fraction of sp³-hybridized carbons (Fsp3) is 0.417. The van der Waals surface area contributed by atoms with Crippen molar-refractivity contribution in [2.75, 3.05) is 37.7 Å². The first-order chi connectivity index (χ1) is 8.81. The van der Waals surface area contributed by atoms with Crippen molar-refractivity contribution in [1.82, 2.24) is 0 Å². The van der Waals surface area contributed by atoms with Crippen LogP contribution >= 0.6 is 0 Å². The molecule has 0 atom stereocenters. The van der Waals surface area contributed by atoms with E-state index in [4.69, 9.17) is 10.3 Å². The number of hydrogen-bond donors (Lipinski definition) is 0. The summed E-state index contributed by atoms with van der Waals surface area (Å²) in [5.41, 5.74) is 9.81. The summed E-state index contributed by atoms with van der Waals surface area (Å²) in [5.74, 6) is -0.165. The number of rotatable bonds is 4. The van der Waals surface area contributed by atoms with Gasteiger partial charge in [0.05, 0.1) is 19.8 Å². The zero-order chi connectivity index (χ0) is 12.8. The average Bonchev–Trinajstić information content (AvgIpc) is 2.46. The molecular formula is C12H14N4O2. The van der Waals surface area contributed by atoms with Crippen LogP contribution in [0.4, 0.5) is 5.69 Å². The summed E-state index contributed by atoms with van der Waals surface area (Å²) in [4.78, 5) is 16.4. The van der Waals surface area contributed by atoms with Crippen molar-refractivity contribution in [2.45, 2.75) is 0 Å². The van der Waals surface area contributed by atoms with Crippen LogP contribution in [0.5, 0.6) is 0 Å². The second kappa shape index (κ2) is 6.05. The quantitative estimate of drug-likeness (QED) is 0.353. The Morgan fingerprint density at radius 3 is 2.61 bits per heavy atom. The van der Waals surface area contributed by atoms with Crippen LogP contribution in [0.2, 0.25) is 0 Å². The van der Waals surface area contributed by atoms with E-state index in [1.54, 1.807) is 12.1 Å². The van der Waals surface area contributed by atoms with Crippen LogP contribution in [0.25, 0.3) is 10.4 Å². The Bertz CT molecular complexity index is 459. The number of azide groups is 1. The number of morpholine rings is 1. The van der Waals surface area contributed by atoms with E-state index in [9.17, 15) is 4.79 Å². The maximum Gasteiger partial charge on any atom is 0.168 e. The Kier molecular flexibility index (Phi) is 4.17. The van der Waals surface area contributed by atoms with Gasteiger partial charge in [-0.3, -0.25) is 4.79 Å². The molecule has 0 saturated carbocycles. The monoisotopic (exact) mass is 246 g/mol. The van der Waals surface area contributed by atoms with E-state index in [-0.39, 0.29) is 12.3 Å². The van der Waals surface area contributed by atoms with Gasteiger partial charge >= 0.3 is 0 Å². The number of hydrogen-bond acceptors (Lipinski definition) is 4. The van der Waals surface area contributed by atoms with Crippen LogP contribution < -0.4 is 4.90 Å². The molecule has 1 saturated heterocycles. The van der Waals surface area contributed by atoms with Gasteiger partial charge in [0.25, 0.3) is 0 Å². The van der Waals surface area contributed by atoms with Crippen molar-refractivity contribution >= 4 is 11.5 Å². The van der Waals surface area contributed by atoms with Crippen LogP contribution in [0, 0.1) is 0 Å². The highest BCUT2D eigenvalue weighted by Crippen LogP contribution is 2.16. The molecule has 0 radical (unpaired) electrons. The lowest BCUT2D eigenvalue weighted by Crippen LogP contribution is -2.36. The molecule has 18 heavy (non-hydrogen) atoms. The molecule has 0 aliphatic carbocycles. The van der Waals surface area contributed by atoms with Crippen LogP contribution in [-0.4, -0.2) is 38.6 Å². The Balaban J connectivity index is 2.04.